The summed E-state index contributed by atoms with van der Waals surface area (Å²) in [6.07, 6.45) is 0. The SMILES string of the molecule is c1ccc(-c2ccc(-c3ccccc3)c3c(-c4ccc5ccccc5c4)c4ccccc4cc23)cc1. The molecule has 0 amide bonds. The first-order valence-electron chi connectivity index (χ1n) is 12.5. The van der Waals surface area contributed by atoms with Crippen LogP contribution in [-0.2, 0) is 0 Å². The van der Waals surface area contributed by atoms with Crippen molar-refractivity contribution >= 4 is 32.3 Å². The summed E-state index contributed by atoms with van der Waals surface area (Å²) in [4.78, 5) is 0. The van der Waals surface area contributed by atoms with E-state index in [1.807, 2.05) is 0 Å². The Hall–Kier alpha value is -4.68. The molecule has 0 saturated carbocycles. The molecule has 7 rings (SSSR count). The summed E-state index contributed by atoms with van der Waals surface area (Å²) in [5, 5.41) is 7.65. The largest absolute Gasteiger partial charge is 0.0622 e. The number of hydrogen-bond donors (Lipinski definition) is 0. The lowest BCUT2D eigenvalue weighted by molar-refractivity contribution is 1.62. The molecule has 0 nitrogen and oxygen atoms in total. The summed E-state index contributed by atoms with van der Waals surface area (Å²) >= 11 is 0. The van der Waals surface area contributed by atoms with E-state index in [1.54, 1.807) is 0 Å². The molecule has 0 aromatic heterocycles. The average molecular weight is 457 g/mol. The summed E-state index contributed by atoms with van der Waals surface area (Å²) in [5.41, 5.74) is 7.54. The predicted molar refractivity (Wildman–Crippen MR) is 155 cm³/mol. The normalized spacial score (nSPS) is 11.3. The van der Waals surface area contributed by atoms with E-state index < -0.39 is 0 Å². The Morgan fingerprint density at radius 2 is 0.889 bits per heavy atom. The Kier molecular flexibility index (Phi) is 4.89. The molecule has 0 unspecified atom stereocenters. The van der Waals surface area contributed by atoms with Gasteiger partial charge < -0.3 is 0 Å². The molecular formula is C36H24. The molecular weight excluding hydrogens is 432 g/mol. The first-order valence-corrected chi connectivity index (χ1v) is 12.5. The van der Waals surface area contributed by atoms with Gasteiger partial charge in [-0.15, -0.1) is 0 Å². The quantitative estimate of drug-likeness (QED) is 0.232. The van der Waals surface area contributed by atoms with Crippen molar-refractivity contribution in [1.29, 1.82) is 0 Å². The van der Waals surface area contributed by atoms with E-state index in [4.69, 9.17) is 0 Å². The van der Waals surface area contributed by atoms with Gasteiger partial charge in [0.05, 0.1) is 0 Å². The van der Waals surface area contributed by atoms with Crippen LogP contribution in [0.2, 0.25) is 0 Å². The topological polar surface area (TPSA) is 0 Å². The average Bonchev–Trinajstić information content (AvgIpc) is 2.96. The van der Waals surface area contributed by atoms with E-state index >= 15 is 0 Å². The Labute approximate surface area is 211 Å². The van der Waals surface area contributed by atoms with Crippen molar-refractivity contribution in [3.8, 4) is 33.4 Å². The van der Waals surface area contributed by atoms with Crippen molar-refractivity contribution in [2.45, 2.75) is 0 Å². The second-order valence-corrected chi connectivity index (χ2v) is 9.35. The van der Waals surface area contributed by atoms with E-state index in [0.717, 1.165) is 0 Å². The van der Waals surface area contributed by atoms with Crippen molar-refractivity contribution in [1.82, 2.24) is 0 Å². The fraction of sp³-hybridized carbons (Fsp3) is 0. The van der Waals surface area contributed by atoms with Gasteiger partial charge in [-0.25, -0.2) is 0 Å². The molecule has 0 saturated heterocycles. The first-order chi connectivity index (χ1) is 17.9. The van der Waals surface area contributed by atoms with Crippen molar-refractivity contribution < 1.29 is 0 Å². The van der Waals surface area contributed by atoms with Crippen LogP contribution in [0.15, 0.2) is 146 Å². The van der Waals surface area contributed by atoms with Crippen LogP contribution in [0.3, 0.4) is 0 Å². The summed E-state index contributed by atoms with van der Waals surface area (Å²) in [7, 11) is 0. The van der Waals surface area contributed by atoms with Crippen LogP contribution in [0.4, 0.5) is 0 Å². The van der Waals surface area contributed by atoms with Gasteiger partial charge in [0.25, 0.3) is 0 Å². The minimum atomic E-state index is 1.24. The van der Waals surface area contributed by atoms with Gasteiger partial charge in [0.15, 0.2) is 0 Å². The summed E-state index contributed by atoms with van der Waals surface area (Å²) in [6, 6.07) is 52.8. The molecule has 36 heavy (non-hydrogen) atoms. The minimum Gasteiger partial charge on any atom is -0.0622 e. The third-order valence-electron chi connectivity index (χ3n) is 7.23. The molecule has 0 N–H and O–H groups in total. The second kappa shape index (κ2) is 8.52. The molecule has 7 aromatic carbocycles. The van der Waals surface area contributed by atoms with Gasteiger partial charge in [-0.05, 0) is 77.8 Å². The molecule has 0 fully saturated rings. The third kappa shape index (κ3) is 3.39. The summed E-state index contributed by atoms with van der Waals surface area (Å²) < 4.78 is 0. The molecule has 168 valence electrons. The Morgan fingerprint density at radius 3 is 1.64 bits per heavy atom. The number of fused-ring (bicyclic) bond motifs is 3. The summed E-state index contributed by atoms with van der Waals surface area (Å²) in [5.74, 6) is 0. The van der Waals surface area contributed by atoms with Gasteiger partial charge in [-0.2, -0.15) is 0 Å². The van der Waals surface area contributed by atoms with E-state index in [0.29, 0.717) is 0 Å². The van der Waals surface area contributed by atoms with Crippen LogP contribution >= 0.6 is 0 Å². The zero-order chi connectivity index (χ0) is 23.9. The molecule has 7 aromatic rings. The van der Waals surface area contributed by atoms with Crippen LogP contribution in [0.5, 0.6) is 0 Å². The highest BCUT2D eigenvalue weighted by Crippen LogP contribution is 2.45. The number of hydrogen-bond acceptors (Lipinski definition) is 0. The molecule has 0 aliphatic carbocycles. The lowest BCUT2D eigenvalue weighted by Gasteiger charge is -2.19. The number of rotatable bonds is 3. The standard InChI is InChI=1S/C36H24/c1-3-12-26(13-4-1)31-21-22-33(27-14-5-2-6-15-27)36-34(31)24-29-17-9-10-18-32(29)35(36)30-20-19-25-11-7-8-16-28(25)23-30/h1-24H. The third-order valence-corrected chi connectivity index (χ3v) is 7.23. The van der Waals surface area contributed by atoms with Gasteiger partial charge in [-0.1, -0.05) is 133 Å². The molecule has 0 aliphatic rings. The Balaban J connectivity index is 1.68. The van der Waals surface area contributed by atoms with Crippen LogP contribution in [0.25, 0.3) is 65.7 Å². The van der Waals surface area contributed by atoms with Gasteiger partial charge >= 0.3 is 0 Å². The predicted octanol–water partition coefficient (Wildman–Crippen LogP) is 10.1. The fourth-order valence-electron chi connectivity index (χ4n) is 5.55. The molecule has 0 aliphatic heterocycles. The van der Waals surface area contributed by atoms with Crippen molar-refractivity contribution in [2.75, 3.05) is 0 Å². The smallest absolute Gasteiger partial charge is 0.00141 e. The zero-order valence-electron chi connectivity index (χ0n) is 19.9. The van der Waals surface area contributed by atoms with E-state index in [9.17, 15) is 0 Å². The van der Waals surface area contributed by atoms with Crippen molar-refractivity contribution in [2.24, 2.45) is 0 Å². The number of benzene rings is 7. The lowest BCUT2D eigenvalue weighted by Crippen LogP contribution is -1.92. The van der Waals surface area contributed by atoms with Gasteiger partial charge in [-0.3, -0.25) is 0 Å². The molecule has 0 radical (unpaired) electrons. The lowest BCUT2D eigenvalue weighted by atomic mass is 9.84. The second-order valence-electron chi connectivity index (χ2n) is 9.35. The summed E-state index contributed by atoms with van der Waals surface area (Å²) in [6.45, 7) is 0. The highest BCUT2D eigenvalue weighted by molar-refractivity contribution is 6.21. The monoisotopic (exact) mass is 456 g/mol. The maximum Gasteiger partial charge on any atom is -0.00141 e. The Bertz CT molecular complexity index is 1860. The minimum absolute atomic E-state index is 1.24. The zero-order valence-corrected chi connectivity index (χ0v) is 19.9. The van der Waals surface area contributed by atoms with Crippen LogP contribution < -0.4 is 0 Å². The Morgan fingerprint density at radius 1 is 0.306 bits per heavy atom. The van der Waals surface area contributed by atoms with Crippen molar-refractivity contribution in [3.63, 3.8) is 0 Å². The molecule has 0 heteroatoms. The van der Waals surface area contributed by atoms with Gasteiger partial charge in [0, 0.05) is 0 Å². The molecule has 0 atom stereocenters. The highest BCUT2D eigenvalue weighted by Gasteiger charge is 2.17. The van der Waals surface area contributed by atoms with Crippen LogP contribution in [-0.4, -0.2) is 0 Å². The first kappa shape index (κ1) is 20.7. The van der Waals surface area contributed by atoms with Crippen molar-refractivity contribution in [3.05, 3.63) is 146 Å². The van der Waals surface area contributed by atoms with E-state index in [2.05, 4.69) is 146 Å². The molecule has 0 heterocycles. The van der Waals surface area contributed by atoms with Crippen LogP contribution in [0.1, 0.15) is 0 Å². The maximum absolute atomic E-state index is 2.38. The molecule has 0 spiro atoms. The van der Waals surface area contributed by atoms with E-state index in [-0.39, 0.29) is 0 Å². The molecule has 0 bridgehead atoms. The van der Waals surface area contributed by atoms with E-state index in [1.165, 1.54) is 65.7 Å². The van der Waals surface area contributed by atoms with Gasteiger partial charge in [0.1, 0.15) is 0 Å². The highest BCUT2D eigenvalue weighted by atomic mass is 14.2. The van der Waals surface area contributed by atoms with Crippen LogP contribution in [0, 0.1) is 0 Å². The van der Waals surface area contributed by atoms with Gasteiger partial charge in [0.2, 0.25) is 0 Å². The maximum atomic E-state index is 2.38. The fourth-order valence-corrected chi connectivity index (χ4v) is 5.55.